The molecule has 1 fully saturated rings. The summed E-state index contributed by atoms with van der Waals surface area (Å²) in [5.74, 6) is 3.50. The lowest BCUT2D eigenvalue weighted by molar-refractivity contribution is 0.276. The van der Waals surface area contributed by atoms with Crippen molar-refractivity contribution in [2.45, 2.75) is 58.9 Å². The molecule has 1 heterocycles. The van der Waals surface area contributed by atoms with Crippen LogP contribution in [0.5, 0.6) is 0 Å². The highest BCUT2D eigenvalue weighted by molar-refractivity contribution is 6.29. The molecule has 106 valence electrons. The van der Waals surface area contributed by atoms with Gasteiger partial charge in [0.15, 0.2) is 0 Å². The SMILES string of the molecule is CC1CCC(Nc2cc(Cl)nc(C(C)C)n2)C(C)C1. The van der Waals surface area contributed by atoms with Gasteiger partial charge in [-0.3, -0.25) is 0 Å². The maximum atomic E-state index is 6.08. The first-order chi connectivity index (χ1) is 8.95. The van der Waals surface area contributed by atoms with Crippen LogP contribution in [0.25, 0.3) is 0 Å². The average Bonchev–Trinajstić information content (AvgIpc) is 2.32. The summed E-state index contributed by atoms with van der Waals surface area (Å²) in [5.41, 5.74) is 0. The highest BCUT2D eigenvalue weighted by Gasteiger charge is 2.25. The summed E-state index contributed by atoms with van der Waals surface area (Å²) >= 11 is 6.08. The van der Waals surface area contributed by atoms with E-state index in [0.29, 0.717) is 23.0 Å². The van der Waals surface area contributed by atoms with Crippen LogP contribution >= 0.6 is 11.6 Å². The average molecular weight is 282 g/mol. The number of aromatic nitrogens is 2. The van der Waals surface area contributed by atoms with Gasteiger partial charge in [-0.2, -0.15) is 0 Å². The molecule has 19 heavy (non-hydrogen) atoms. The molecule has 1 aliphatic carbocycles. The summed E-state index contributed by atoms with van der Waals surface area (Å²) in [6.07, 6.45) is 3.78. The minimum atomic E-state index is 0.294. The van der Waals surface area contributed by atoms with Crippen molar-refractivity contribution in [2.75, 3.05) is 5.32 Å². The molecule has 0 spiro atoms. The molecule has 1 saturated carbocycles. The molecule has 0 aromatic carbocycles. The van der Waals surface area contributed by atoms with Crippen LogP contribution in [0.4, 0.5) is 5.82 Å². The second-order valence-electron chi connectivity index (χ2n) is 6.24. The zero-order valence-electron chi connectivity index (χ0n) is 12.3. The summed E-state index contributed by atoms with van der Waals surface area (Å²) in [7, 11) is 0. The summed E-state index contributed by atoms with van der Waals surface area (Å²) in [5, 5.41) is 4.08. The highest BCUT2D eigenvalue weighted by Crippen LogP contribution is 2.30. The molecule has 3 atom stereocenters. The number of nitrogens with one attached hydrogen (secondary N) is 1. The summed E-state index contributed by atoms with van der Waals surface area (Å²) in [4.78, 5) is 8.85. The normalized spacial score (nSPS) is 27.6. The monoisotopic (exact) mass is 281 g/mol. The van der Waals surface area contributed by atoms with Gasteiger partial charge in [0.05, 0.1) is 0 Å². The lowest BCUT2D eigenvalue weighted by Crippen LogP contribution is -2.33. The van der Waals surface area contributed by atoms with Gasteiger partial charge in [0.1, 0.15) is 16.8 Å². The number of rotatable bonds is 3. The lowest BCUT2D eigenvalue weighted by atomic mass is 9.80. The second-order valence-corrected chi connectivity index (χ2v) is 6.62. The topological polar surface area (TPSA) is 37.8 Å². The van der Waals surface area contributed by atoms with Gasteiger partial charge in [-0.1, -0.05) is 39.3 Å². The molecular formula is C15H24ClN3. The Balaban J connectivity index is 2.10. The Kier molecular flexibility index (Phi) is 4.67. The minimum Gasteiger partial charge on any atom is -0.367 e. The third-order valence-electron chi connectivity index (χ3n) is 3.99. The van der Waals surface area contributed by atoms with E-state index in [4.69, 9.17) is 11.6 Å². The van der Waals surface area contributed by atoms with E-state index in [1.165, 1.54) is 19.3 Å². The molecular weight excluding hydrogens is 258 g/mol. The Bertz CT molecular complexity index is 433. The van der Waals surface area contributed by atoms with Crippen LogP contribution in [0, 0.1) is 11.8 Å². The Morgan fingerprint density at radius 3 is 2.63 bits per heavy atom. The molecule has 3 unspecified atom stereocenters. The predicted octanol–water partition coefficient (Wildman–Crippen LogP) is 4.49. The van der Waals surface area contributed by atoms with Gasteiger partial charge >= 0.3 is 0 Å². The number of anilines is 1. The fourth-order valence-electron chi connectivity index (χ4n) is 2.84. The standard InChI is InChI=1S/C15H24ClN3/c1-9(2)15-18-13(16)8-14(19-15)17-12-6-5-10(3)7-11(12)4/h8-12H,5-7H2,1-4H3,(H,17,18,19). The second kappa shape index (κ2) is 6.08. The van der Waals surface area contributed by atoms with E-state index in [1.54, 1.807) is 0 Å². The summed E-state index contributed by atoms with van der Waals surface area (Å²) in [6, 6.07) is 2.33. The molecule has 1 aliphatic rings. The van der Waals surface area contributed by atoms with Crippen molar-refractivity contribution in [3.8, 4) is 0 Å². The molecule has 4 heteroatoms. The smallest absolute Gasteiger partial charge is 0.135 e. The first kappa shape index (κ1) is 14.6. The zero-order valence-corrected chi connectivity index (χ0v) is 13.0. The van der Waals surface area contributed by atoms with E-state index >= 15 is 0 Å². The van der Waals surface area contributed by atoms with E-state index in [0.717, 1.165) is 17.6 Å². The maximum absolute atomic E-state index is 6.08. The maximum Gasteiger partial charge on any atom is 0.135 e. The predicted molar refractivity (Wildman–Crippen MR) is 80.7 cm³/mol. The highest BCUT2D eigenvalue weighted by atomic mass is 35.5. The van der Waals surface area contributed by atoms with Gasteiger partial charge in [0, 0.05) is 18.0 Å². The Morgan fingerprint density at radius 2 is 2.00 bits per heavy atom. The van der Waals surface area contributed by atoms with Crippen molar-refractivity contribution in [2.24, 2.45) is 11.8 Å². The van der Waals surface area contributed by atoms with Gasteiger partial charge in [0.2, 0.25) is 0 Å². The largest absolute Gasteiger partial charge is 0.367 e. The quantitative estimate of drug-likeness (QED) is 0.830. The number of hydrogen-bond acceptors (Lipinski definition) is 3. The van der Waals surface area contributed by atoms with Crippen molar-refractivity contribution in [1.82, 2.24) is 9.97 Å². The molecule has 2 rings (SSSR count). The first-order valence-electron chi connectivity index (χ1n) is 7.26. The third-order valence-corrected chi connectivity index (χ3v) is 4.19. The minimum absolute atomic E-state index is 0.294. The molecule has 1 N–H and O–H groups in total. The van der Waals surface area contributed by atoms with Gasteiger partial charge in [0.25, 0.3) is 0 Å². The van der Waals surface area contributed by atoms with E-state index in [2.05, 4.69) is 43.0 Å². The number of hydrogen-bond donors (Lipinski definition) is 1. The van der Waals surface area contributed by atoms with Crippen LogP contribution in [0.15, 0.2) is 6.07 Å². The zero-order chi connectivity index (χ0) is 14.0. The molecule has 0 amide bonds. The molecule has 0 bridgehead atoms. The van der Waals surface area contributed by atoms with E-state index in [9.17, 15) is 0 Å². The van der Waals surface area contributed by atoms with Crippen molar-refractivity contribution >= 4 is 17.4 Å². The van der Waals surface area contributed by atoms with E-state index in [-0.39, 0.29) is 0 Å². The summed E-state index contributed by atoms with van der Waals surface area (Å²) < 4.78 is 0. The van der Waals surface area contributed by atoms with E-state index in [1.807, 2.05) is 6.07 Å². The number of nitrogens with zero attached hydrogens (tertiary/aromatic N) is 2. The van der Waals surface area contributed by atoms with Crippen molar-refractivity contribution in [3.63, 3.8) is 0 Å². The van der Waals surface area contributed by atoms with Crippen LogP contribution in [0.1, 0.15) is 58.7 Å². The molecule has 1 aromatic heterocycles. The number of halogens is 1. The molecule has 0 radical (unpaired) electrons. The first-order valence-corrected chi connectivity index (χ1v) is 7.64. The fraction of sp³-hybridized carbons (Fsp3) is 0.733. The molecule has 1 aromatic rings. The van der Waals surface area contributed by atoms with Gasteiger partial charge in [-0.25, -0.2) is 9.97 Å². The Morgan fingerprint density at radius 1 is 1.26 bits per heavy atom. The Labute approximate surface area is 121 Å². The lowest BCUT2D eigenvalue weighted by Gasteiger charge is -2.33. The van der Waals surface area contributed by atoms with Crippen molar-refractivity contribution < 1.29 is 0 Å². The van der Waals surface area contributed by atoms with Crippen molar-refractivity contribution in [3.05, 3.63) is 17.0 Å². The van der Waals surface area contributed by atoms with Crippen LogP contribution in [0.3, 0.4) is 0 Å². The van der Waals surface area contributed by atoms with Crippen LogP contribution in [0.2, 0.25) is 5.15 Å². The van der Waals surface area contributed by atoms with E-state index < -0.39 is 0 Å². The summed E-state index contributed by atoms with van der Waals surface area (Å²) in [6.45, 7) is 8.82. The fourth-order valence-corrected chi connectivity index (χ4v) is 3.03. The molecule has 0 aliphatic heterocycles. The van der Waals surface area contributed by atoms with Gasteiger partial charge < -0.3 is 5.32 Å². The van der Waals surface area contributed by atoms with Crippen LogP contribution in [-0.2, 0) is 0 Å². The van der Waals surface area contributed by atoms with Crippen LogP contribution < -0.4 is 5.32 Å². The Hall–Kier alpha value is -0.830. The van der Waals surface area contributed by atoms with Gasteiger partial charge in [-0.15, -0.1) is 0 Å². The third kappa shape index (κ3) is 3.82. The van der Waals surface area contributed by atoms with Crippen molar-refractivity contribution in [1.29, 1.82) is 0 Å². The molecule has 0 saturated heterocycles. The molecule has 3 nitrogen and oxygen atoms in total. The van der Waals surface area contributed by atoms with Gasteiger partial charge in [-0.05, 0) is 31.1 Å². The van der Waals surface area contributed by atoms with Crippen LogP contribution in [-0.4, -0.2) is 16.0 Å².